The van der Waals surface area contributed by atoms with Crippen LogP contribution in [0, 0.1) is 0 Å². The molecule has 4 saturated heterocycles. The second-order valence-electron chi connectivity index (χ2n) is 14.0. The summed E-state index contributed by atoms with van der Waals surface area (Å²) in [6.45, 7) is 12.5. The Balaban J connectivity index is 1.17. The van der Waals surface area contributed by atoms with Crippen LogP contribution in [0.1, 0.15) is 84.6 Å². The molecule has 1 spiro atoms. The summed E-state index contributed by atoms with van der Waals surface area (Å²) in [6, 6.07) is 7.20. The molecule has 1 aliphatic carbocycles. The fraction of sp³-hybridized carbons (Fsp3) is 0.742. The van der Waals surface area contributed by atoms with Crippen molar-refractivity contribution in [1.82, 2.24) is 9.80 Å². The smallest absolute Gasteiger partial charge is 0.399 e. The lowest BCUT2D eigenvalue weighted by Crippen LogP contribution is -2.59. The summed E-state index contributed by atoms with van der Waals surface area (Å²) in [5.74, 6) is 0.311. The number of amides is 2. The lowest BCUT2D eigenvalue weighted by Gasteiger charge is -2.48. The van der Waals surface area contributed by atoms with E-state index in [9.17, 15) is 9.59 Å². The zero-order chi connectivity index (χ0) is 27.9. The SMILES string of the molecule is CC1(C)OB(c2ccc3c(c2)N(C2CC(N4CCCCC4)C2)C(=O)C32CCN(C(=O)C3CCO3)CC2)OC1(C)C. The van der Waals surface area contributed by atoms with Gasteiger partial charge >= 0.3 is 7.12 Å². The Bertz CT molecular complexity index is 1160. The van der Waals surface area contributed by atoms with Crippen LogP contribution < -0.4 is 10.4 Å². The molecule has 1 saturated carbocycles. The summed E-state index contributed by atoms with van der Waals surface area (Å²) >= 11 is 0. The highest BCUT2D eigenvalue weighted by Gasteiger charge is 2.57. The monoisotopic (exact) mass is 549 g/mol. The Morgan fingerprint density at radius 1 is 0.925 bits per heavy atom. The number of hydrogen-bond acceptors (Lipinski definition) is 6. The summed E-state index contributed by atoms with van der Waals surface area (Å²) in [5.41, 5.74) is 1.69. The van der Waals surface area contributed by atoms with Crippen LogP contribution in [0.2, 0.25) is 0 Å². The van der Waals surface area contributed by atoms with E-state index in [0.29, 0.717) is 38.6 Å². The largest absolute Gasteiger partial charge is 0.494 e. The predicted molar refractivity (Wildman–Crippen MR) is 154 cm³/mol. The summed E-state index contributed by atoms with van der Waals surface area (Å²) in [7, 11) is -0.465. The second-order valence-corrected chi connectivity index (χ2v) is 14.0. The van der Waals surface area contributed by atoms with E-state index in [2.05, 4.69) is 55.7 Å². The number of carbonyl (C=O) groups excluding carboxylic acids is 2. The van der Waals surface area contributed by atoms with Gasteiger partial charge in [0.15, 0.2) is 0 Å². The molecule has 8 nitrogen and oxygen atoms in total. The van der Waals surface area contributed by atoms with E-state index in [1.807, 2.05) is 4.90 Å². The molecule has 1 atom stereocenters. The van der Waals surface area contributed by atoms with Crippen LogP contribution in [-0.4, -0.2) is 90.9 Å². The minimum atomic E-state index is -0.572. The van der Waals surface area contributed by atoms with Gasteiger partial charge in [0.05, 0.1) is 23.2 Å². The van der Waals surface area contributed by atoms with Crippen LogP contribution in [0.25, 0.3) is 0 Å². The van der Waals surface area contributed by atoms with Crippen molar-refractivity contribution in [2.45, 2.75) is 114 Å². The molecule has 1 unspecified atom stereocenters. The lowest BCUT2D eigenvalue weighted by atomic mass is 9.71. The molecule has 6 aliphatic rings. The number of benzene rings is 1. The summed E-state index contributed by atoms with van der Waals surface area (Å²) < 4.78 is 18.3. The van der Waals surface area contributed by atoms with Crippen LogP contribution in [0.3, 0.4) is 0 Å². The standard InChI is InChI=1S/C31H44BN3O5/c1-29(2)30(3,4)40-32(39-29)21-8-9-24-25(18-21)35(23-19-22(20-23)33-13-6-5-7-14-33)28(37)31(24)11-15-34(16-12-31)27(36)26-10-17-38-26/h8-9,18,22-23,26H,5-7,10-17,19-20H2,1-4H3. The first-order valence-corrected chi connectivity index (χ1v) is 15.6. The average molecular weight is 550 g/mol. The van der Waals surface area contributed by atoms with E-state index in [1.165, 1.54) is 32.4 Å². The number of hydrogen-bond donors (Lipinski definition) is 0. The van der Waals surface area contributed by atoms with Crippen molar-refractivity contribution in [3.8, 4) is 0 Å². The van der Waals surface area contributed by atoms with Crippen LogP contribution in [-0.2, 0) is 29.0 Å². The highest BCUT2D eigenvalue weighted by molar-refractivity contribution is 6.62. The quantitative estimate of drug-likeness (QED) is 0.538. The summed E-state index contributed by atoms with van der Waals surface area (Å²) in [6.07, 6.45) is 7.80. The first-order valence-electron chi connectivity index (χ1n) is 15.6. The molecule has 216 valence electrons. The van der Waals surface area contributed by atoms with Gasteiger partial charge in [0, 0.05) is 37.3 Å². The Hall–Kier alpha value is -1.94. The number of nitrogens with zero attached hydrogens (tertiary/aromatic N) is 3. The Labute approximate surface area is 238 Å². The number of carbonyl (C=O) groups is 2. The zero-order valence-corrected chi connectivity index (χ0v) is 24.6. The van der Waals surface area contributed by atoms with Crippen LogP contribution in [0.4, 0.5) is 5.69 Å². The van der Waals surface area contributed by atoms with Gasteiger partial charge in [-0.05, 0) is 96.4 Å². The van der Waals surface area contributed by atoms with Gasteiger partial charge in [-0.3, -0.25) is 9.59 Å². The molecule has 0 aromatic heterocycles. The highest BCUT2D eigenvalue weighted by Crippen LogP contribution is 2.51. The molecular weight excluding hydrogens is 505 g/mol. The highest BCUT2D eigenvalue weighted by atomic mass is 16.7. The van der Waals surface area contributed by atoms with Crippen molar-refractivity contribution >= 4 is 30.1 Å². The van der Waals surface area contributed by atoms with E-state index in [0.717, 1.165) is 36.0 Å². The van der Waals surface area contributed by atoms with E-state index in [1.54, 1.807) is 0 Å². The number of anilines is 1. The summed E-state index contributed by atoms with van der Waals surface area (Å²) in [4.78, 5) is 34.1. The van der Waals surface area contributed by atoms with Crippen LogP contribution in [0.15, 0.2) is 18.2 Å². The van der Waals surface area contributed by atoms with E-state index in [4.69, 9.17) is 14.0 Å². The maximum atomic E-state index is 14.5. The number of fused-ring (bicyclic) bond motifs is 2. The Morgan fingerprint density at radius 2 is 1.57 bits per heavy atom. The predicted octanol–water partition coefficient (Wildman–Crippen LogP) is 3.00. The molecule has 7 rings (SSSR count). The third-order valence-corrected chi connectivity index (χ3v) is 11.2. The van der Waals surface area contributed by atoms with Gasteiger partial charge in [-0.1, -0.05) is 18.6 Å². The van der Waals surface area contributed by atoms with Gasteiger partial charge in [0.2, 0.25) is 5.91 Å². The second kappa shape index (κ2) is 9.55. The van der Waals surface area contributed by atoms with Gasteiger partial charge in [-0.2, -0.15) is 0 Å². The molecule has 0 radical (unpaired) electrons. The molecule has 1 aromatic rings. The number of ether oxygens (including phenoxy) is 1. The van der Waals surface area contributed by atoms with Crippen molar-refractivity contribution < 1.29 is 23.6 Å². The van der Waals surface area contributed by atoms with Gasteiger partial charge in [0.1, 0.15) is 6.10 Å². The van der Waals surface area contributed by atoms with Crippen molar-refractivity contribution in [3.05, 3.63) is 23.8 Å². The molecular formula is C31H44BN3O5. The molecule has 5 heterocycles. The zero-order valence-electron chi connectivity index (χ0n) is 24.6. The molecule has 5 aliphatic heterocycles. The van der Waals surface area contributed by atoms with Gasteiger partial charge in [-0.25, -0.2) is 0 Å². The molecule has 0 N–H and O–H groups in total. The fourth-order valence-corrected chi connectivity index (χ4v) is 7.67. The number of likely N-dealkylation sites (tertiary alicyclic amines) is 2. The van der Waals surface area contributed by atoms with Crippen molar-refractivity contribution in [3.63, 3.8) is 0 Å². The van der Waals surface area contributed by atoms with E-state index < -0.39 is 23.7 Å². The first-order chi connectivity index (χ1) is 19.1. The topological polar surface area (TPSA) is 71.6 Å². The molecule has 5 fully saturated rings. The minimum Gasteiger partial charge on any atom is -0.399 e. The molecule has 9 heteroatoms. The third-order valence-electron chi connectivity index (χ3n) is 11.2. The van der Waals surface area contributed by atoms with Crippen LogP contribution >= 0.6 is 0 Å². The van der Waals surface area contributed by atoms with E-state index in [-0.39, 0.29) is 24.0 Å². The first kappa shape index (κ1) is 26.9. The van der Waals surface area contributed by atoms with Gasteiger partial charge in [0.25, 0.3) is 5.91 Å². The van der Waals surface area contributed by atoms with Crippen molar-refractivity contribution in [2.24, 2.45) is 0 Å². The maximum Gasteiger partial charge on any atom is 0.494 e. The third kappa shape index (κ3) is 4.09. The fourth-order valence-electron chi connectivity index (χ4n) is 7.67. The number of rotatable bonds is 4. The summed E-state index contributed by atoms with van der Waals surface area (Å²) in [5, 5.41) is 0. The lowest BCUT2D eigenvalue weighted by molar-refractivity contribution is -0.158. The van der Waals surface area contributed by atoms with Gasteiger partial charge < -0.3 is 28.7 Å². The average Bonchev–Trinajstić information content (AvgIpc) is 3.24. The number of piperidine rings is 2. The van der Waals surface area contributed by atoms with Crippen molar-refractivity contribution in [1.29, 1.82) is 0 Å². The normalized spacial score (nSPS) is 32.6. The maximum absolute atomic E-state index is 14.5. The van der Waals surface area contributed by atoms with Gasteiger partial charge in [-0.15, -0.1) is 0 Å². The van der Waals surface area contributed by atoms with Crippen molar-refractivity contribution in [2.75, 3.05) is 37.7 Å². The molecule has 2 amide bonds. The van der Waals surface area contributed by atoms with E-state index >= 15 is 0 Å². The molecule has 1 aromatic carbocycles. The minimum absolute atomic E-state index is 0.0862. The van der Waals surface area contributed by atoms with Crippen LogP contribution in [0.5, 0.6) is 0 Å². The molecule has 0 bridgehead atoms. The Kier molecular flexibility index (Phi) is 6.43. The Morgan fingerprint density at radius 3 is 2.17 bits per heavy atom. The molecule has 40 heavy (non-hydrogen) atoms.